The molecular weight excluding hydrogens is 1140 g/mol. The Morgan fingerprint density at radius 2 is 0.558 bits per heavy atom. The maximum Gasteiger partial charge on any atom is 0.472 e. The van der Waals surface area contributed by atoms with Crippen molar-refractivity contribution in [3.05, 3.63) is 0 Å². The number of aliphatic hydroxyl groups excluding tert-OH is 1. The molecule has 17 nitrogen and oxygen atoms in total. The molecule has 19 heteroatoms. The number of hydrogen-bond acceptors (Lipinski definition) is 15. The number of carbonyl (C=O) groups excluding carboxylic acids is 4. The molecule has 0 aliphatic rings. The van der Waals surface area contributed by atoms with Crippen LogP contribution in [0.5, 0.6) is 0 Å². The second-order valence-corrected chi connectivity index (χ2v) is 28.8. The van der Waals surface area contributed by atoms with Gasteiger partial charge in [-0.25, -0.2) is 9.13 Å². The molecule has 0 aliphatic carbocycles. The van der Waals surface area contributed by atoms with Gasteiger partial charge in [-0.2, -0.15) is 0 Å². The number of carbonyl (C=O) groups is 4. The Labute approximate surface area is 524 Å². The van der Waals surface area contributed by atoms with Gasteiger partial charge in [0.15, 0.2) is 12.2 Å². The van der Waals surface area contributed by atoms with E-state index >= 15 is 0 Å². The van der Waals surface area contributed by atoms with E-state index in [4.69, 9.17) is 37.0 Å². The SMILES string of the molecule is CCC(C)CCCCCCCCC(=O)O[C@H](COC(=O)CCCCCCCCCCCC(C)C)COP(=O)(O)OCC(O)COP(=O)(O)OC[C@@H](COC(=O)CCCCCCCCCC(C)C)OC(=O)CCCCCCCCCCCCCC(C)C. The summed E-state index contributed by atoms with van der Waals surface area (Å²) in [6, 6.07) is 0. The molecule has 0 bridgehead atoms. The largest absolute Gasteiger partial charge is 0.472 e. The monoisotopic (exact) mass is 1270 g/mol. The maximum absolute atomic E-state index is 13.0. The third-order valence-corrected chi connectivity index (χ3v) is 17.6. The Kier molecular flexibility index (Phi) is 55.7. The van der Waals surface area contributed by atoms with Crippen molar-refractivity contribution in [1.82, 2.24) is 0 Å². The second kappa shape index (κ2) is 57.0. The summed E-state index contributed by atoms with van der Waals surface area (Å²) >= 11 is 0. The van der Waals surface area contributed by atoms with Crippen LogP contribution >= 0.6 is 15.6 Å². The van der Waals surface area contributed by atoms with Crippen LogP contribution in [0.15, 0.2) is 0 Å². The van der Waals surface area contributed by atoms with Crippen LogP contribution < -0.4 is 0 Å². The van der Waals surface area contributed by atoms with E-state index in [0.29, 0.717) is 31.6 Å². The third-order valence-electron chi connectivity index (χ3n) is 15.7. The molecule has 6 atom stereocenters. The molecule has 86 heavy (non-hydrogen) atoms. The maximum atomic E-state index is 13.0. The van der Waals surface area contributed by atoms with Crippen LogP contribution in [0.1, 0.15) is 325 Å². The van der Waals surface area contributed by atoms with Gasteiger partial charge in [-0.3, -0.25) is 37.3 Å². The molecule has 3 N–H and O–H groups in total. The van der Waals surface area contributed by atoms with Gasteiger partial charge in [-0.05, 0) is 49.4 Å². The molecule has 4 unspecified atom stereocenters. The Bertz CT molecular complexity index is 1720. The first-order chi connectivity index (χ1) is 41.1. The fraction of sp³-hybridized carbons (Fsp3) is 0.940. The number of phosphoric acid groups is 2. The smallest absolute Gasteiger partial charge is 0.462 e. The van der Waals surface area contributed by atoms with E-state index < -0.39 is 97.5 Å². The minimum Gasteiger partial charge on any atom is -0.462 e. The Morgan fingerprint density at radius 1 is 0.326 bits per heavy atom. The Balaban J connectivity index is 5.25. The van der Waals surface area contributed by atoms with Crippen molar-refractivity contribution in [2.24, 2.45) is 23.7 Å². The molecule has 0 aliphatic heterocycles. The molecule has 0 saturated heterocycles. The normalized spacial score (nSPS) is 14.7. The summed E-state index contributed by atoms with van der Waals surface area (Å²) < 4.78 is 68.1. The first-order valence-corrected chi connectivity index (χ1v) is 37.7. The summed E-state index contributed by atoms with van der Waals surface area (Å²) in [4.78, 5) is 72.4. The zero-order valence-corrected chi connectivity index (χ0v) is 57.7. The number of aliphatic hydroxyl groups is 1. The molecular formula is C67H130O17P2. The van der Waals surface area contributed by atoms with Crippen molar-refractivity contribution >= 4 is 39.5 Å². The van der Waals surface area contributed by atoms with Crippen molar-refractivity contribution in [3.8, 4) is 0 Å². The lowest BCUT2D eigenvalue weighted by atomic mass is 10.00. The van der Waals surface area contributed by atoms with Gasteiger partial charge in [-0.15, -0.1) is 0 Å². The molecule has 0 aromatic heterocycles. The van der Waals surface area contributed by atoms with Gasteiger partial charge in [0.05, 0.1) is 26.4 Å². The first-order valence-electron chi connectivity index (χ1n) is 34.7. The van der Waals surface area contributed by atoms with Crippen LogP contribution in [-0.2, 0) is 65.4 Å². The average molecular weight is 1270 g/mol. The van der Waals surface area contributed by atoms with Gasteiger partial charge in [0.25, 0.3) is 0 Å². The predicted octanol–water partition coefficient (Wildman–Crippen LogP) is 18.5. The summed E-state index contributed by atoms with van der Waals surface area (Å²) in [6.07, 6.45) is 37.7. The van der Waals surface area contributed by atoms with E-state index in [1.807, 2.05) is 0 Å². The van der Waals surface area contributed by atoms with Crippen molar-refractivity contribution in [3.63, 3.8) is 0 Å². The number of hydrogen-bond donors (Lipinski definition) is 3. The van der Waals surface area contributed by atoms with Crippen LogP contribution in [-0.4, -0.2) is 96.7 Å². The number of phosphoric ester groups is 2. The lowest BCUT2D eigenvalue weighted by Crippen LogP contribution is -2.30. The molecule has 0 radical (unpaired) electrons. The molecule has 0 saturated carbocycles. The van der Waals surface area contributed by atoms with Gasteiger partial charge in [-0.1, -0.05) is 274 Å². The van der Waals surface area contributed by atoms with Crippen molar-refractivity contribution in [1.29, 1.82) is 0 Å². The van der Waals surface area contributed by atoms with Crippen molar-refractivity contribution in [2.45, 2.75) is 343 Å². The molecule has 510 valence electrons. The number of unbranched alkanes of at least 4 members (excludes halogenated alkanes) is 29. The van der Waals surface area contributed by atoms with Gasteiger partial charge >= 0.3 is 39.5 Å². The summed E-state index contributed by atoms with van der Waals surface area (Å²) in [5, 5.41) is 10.6. The summed E-state index contributed by atoms with van der Waals surface area (Å²) in [5.74, 6) is 0.797. The second-order valence-electron chi connectivity index (χ2n) is 25.9. The lowest BCUT2D eigenvalue weighted by Gasteiger charge is -2.21. The fourth-order valence-corrected chi connectivity index (χ4v) is 11.5. The highest BCUT2D eigenvalue weighted by atomic mass is 31.2. The van der Waals surface area contributed by atoms with E-state index in [1.54, 1.807) is 0 Å². The van der Waals surface area contributed by atoms with Gasteiger partial charge < -0.3 is 33.8 Å². The van der Waals surface area contributed by atoms with E-state index in [0.717, 1.165) is 114 Å². The predicted molar refractivity (Wildman–Crippen MR) is 344 cm³/mol. The summed E-state index contributed by atoms with van der Waals surface area (Å²) in [6.45, 7) is 14.0. The van der Waals surface area contributed by atoms with E-state index in [9.17, 15) is 43.2 Å². The van der Waals surface area contributed by atoms with E-state index in [1.165, 1.54) is 122 Å². The quantitative estimate of drug-likeness (QED) is 0.0222. The first kappa shape index (κ1) is 84.1. The molecule has 0 rings (SSSR count). The molecule has 0 amide bonds. The fourth-order valence-electron chi connectivity index (χ4n) is 9.93. The highest BCUT2D eigenvalue weighted by Gasteiger charge is 2.30. The van der Waals surface area contributed by atoms with E-state index in [2.05, 4.69) is 55.4 Å². The van der Waals surface area contributed by atoms with Crippen LogP contribution in [0.4, 0.5) is 0 Å². The van der Waals surface area contributed by atoms with Gasteiger partial charge in [0.2, 0.25) is 0 Å². The topological polar surface area (TPSA) is 237 Å². The lowest BCUT2D eigenvalue weighted by molar-refractivity contribution is -0.161. The molecule has 0 spiro atoms. The molecule has 0 heterocycles. The molecule has 0 aromatic rings. The third kappa shape index (κ3) is 59.7. The van der Waals surface area contributed by atoms with Crippen LogP contribution in [0.25, 0.3) is 0 Å². The number of esters is 4. The zero-order valence-electron chi connectivity index (χ0n) is 55.9. The van der Waals surface area contributed by atoms with E-state index in [-0.39, 0.29) is 25.7 Å². The minimum absolute atomic E-state index is 0.102. The standard InChI is InChI=1S/C67H130O17P2/c1-9-60(8)46-38-30-25-26-34-42-50-67(72)84-63(54-77-64(69)47-39-31-22-17-13-15-20-28-36-44-58(4)5)56-82-86(75,76)80-52-61(68)51-79-85(73,74)81-55-62(53-78-65(70)48-40-32-24-18-21-29-37-45-59(6)7)83-66(71)49-41-33-23-16-12-10-11-14-19-27-35-43-57(2)3/h57-63,68H,9-56H2,1-8H3,(H,73,74)(H,75,76)/t60?,61?,62-,63-/m1/s1. The van der Waals surface area contributed by atoms with Crippen molar-refractivity contribution in [2.75, 3.05) is 39.6 Å². The zero-order chi connectivity index (χ0) is 63.9. The highest BCUT2D eigenvalue weighted by molar-refractivity contribution is 7.47. The highest BCUT2D eigenvalue weighted by Crippen LogP contribution is 2.45. The Morgan fingerprint density at radius 3 is 0.826 bits per heavy atom. The minimum atomic E-state index is -4.95. The van der Waals surface area contributed by atoms with Gasteiger partial charge in [0.1, 0.15) is 19.3 Å². The number of rotatable bonds is 64. The summed E-state index contributed by atoms with van der Waals surface area (Å²) in [5.41, 5.74) is 0. The van der Waals surface area contributed by atoms with Crippen molar-refractivity contribution < 1.29 is 80.2 Å². The Hall–Kier alpha value is -1.94. The molecule has 0 fully saturated rings. The van der Waals surface area contributed by atoms with Crippen LogP contribution in [0, 0.1) is 23.7 Å². The van der Waals surface area contributed by atoms with Gasteiger partial charge in [0, 0.05) is 25.7 Å². The molecule has 0 aromatic carbocycles. The van der Waals surface area contributed by atoms with Crippen LogP contribution in [0.3, 0.4) is 0 Å². The summed E-state index contributed by atoms with van der Waals surface area (Å²) in [7, 11) is -9.90. The number of ether oxygens (including phenoxy) is 4. The van der Waals surface area contributed by atoms with Crippen LogP contribution in [0.2, 0.25) is 0 Å². The average Bonchev–Trinajstić information content (AvgIpc) is 3.66.